The van der Waals surface area contributed by atoms with Gasteiger partial charge in [-0.05, 0) is 18.1 Å². The summed E-state index contributed by atoms with van der Waals surface area (Å²) in [5, 5.41) is 8.20. The van der Waals surface area contributed by atoms with Gasteiger partial charge in [0.2, 0.25) is 0 Å². The predicted molar refractivity (Wildman–Crippen MR) is 86.1 cm³/mol. The van der Waals surface area contributed by atoms with Crippen LogP contribution in [0.3, 0.4) is 0 Å². The average Bonchev–Trinajstić information content (AvgIpc) is 2.87. The summed E-state index contributed by atoms with van der Waals surface area (Å²) in [6.45, 7) is 12.2. The van der Waals surface area contributed by atoms with Crippen molar-refractivity contribution < 1.29 is 0 Å². The lowest BCUT2D eigenvalue weighted by molar-refractivity contribution is 0.581. The molecule has 0 radical (unpaired) electrons. The van der Waals surface area contributed by atoms with Crippen LogP contribution >= 0.6 is 0 Å². The van der Waals surface area contributed by atoms with Crippen LogP contribution in [0.4, 0.5) is 5.82 Å². The number of piperazine rings is 1. The Hall–Kier alpha value is -1.88. The zero-order valence-corrected chi connectivity index (χ0v) is 12.8. The maximum atomic E-state index is 4.83. The summed E-state index contributed by atoms with van der Waals surface area (Å²) in [6, 6.07) is 4.15. The first kappa shape index (κ1) is 14.1. The monoisotopic (exact) mass is 285 g/mol. The summed E-state index contributed by atoms with van der Waals surface area (Å²) >= 11 is 0. The number of nitrogens with one attached hydrogen (secondary N) is 1. The third kappa shape index (κ3) is 2.65. The van der Waals surface area contributed by atoms with Crippen LogP contribution in [0.5, 0.6) is 0 Å². The van der Waals surface area contributed by atoms with Crippen molar-refractivity contribution in [2.24, 2.45) is 0 Å². The van der Waals surface area contributed by atoms with E-state index in [2.05, 4.69) is 42.8 Å². The first-order valence-corrected chi connectivity index (χ1v) is 7.66. The number of hydrogen-bond donors (Lipinski definition) is 1. The van der Waals surface area contributed by atoms with Gasteiger partial charge in [-0.15, -0.1) is 11.7 Å². The first-order chi connectivity index (χ1) is 10.2. The van der Waals surface area contributed by atoms with Crippen molar-refractivity contribution in [2.75, 3.05) is 31.1 Å². The fraction of sp³-hybridized carbons (Fsp3) is 0.500. The van der Waals surface area contributed by atoms with Gasteiger partial charge in [-0.2, -0.15) is 0 Å². The van der Waals surface area contributed by atoms with Gasteiger partial charge in [0.15, 0.2) is 5.65 Å². The molecule has 1 saturated heterocycles. The van der Waals surface area contributed by atoms with Gasteiger partial charge >= 0.3 is 0 Å². The first-order valence-electron chi connectivity index (χ1n) is 7.66. The van der Waals surface area contributed by atoms with Crippen molar-refractivity contribution in [3.8, 4) is 0 Å². The Morgan fingerprint density at radius 2 is 2.10 bits per heavy atom. The van der Waals surface area contributed by atoms with E-state index in [4.69, 9.17) is 10.1 Å². The Morgan fingerprint density at radius 1 is 1.33 bits per heavy atom. The average molecular weight is 285 g/mol. The van der Waals surface area contributed by atoms with Crippen molar-refractivity contribution in [1.29, 1.82) is 0 Å². The number of aromatic nitrogens is 3. The molecule has 3 rings (SSSR count). The molecule has 0 spiro atoms. The molecule has 0 bridgehead atoms. The standard InChI is InChI=1S/C16H23N5/c1-4-5-13-16(12(2)3)18-14-6-7-15(19-21(13)14)20-10-8-17-9-11-20/h4,6-7,12,17H,1,5,8-11H2,2-3H3. The molecular formula is C16H23N5. The largest absolute Gasteiger partial charge is 0.353 e. The van der Waals surface area contributed by atoms with Crippen LogP contribution in [0.2, 0.25) is 0 Å². The number of hydrogen-bond acceptors (Lipinski definition) is 4. The van der Waals surface area contributed by atoms with Crippen LogP contribution in [0.15, 0.2) is 24.8 Å². The van der Waals surface area contributed by atoms with Crippen molar-refractivity contribution in [1.82, 2.24) is 19.9 Å². The Morgan fingerprint density at radius 3 is 2.76 bits per heavy atom. The summed E-state index contributed by atoms with van der Waals surface area (Å²) < 4.78 is 1.99. The highest BCUT2D eigenvalue weighted by Gasteiger charge is 2.17. The predicted octanol–water partition coefficient (Wildman–Crippen LogP) is 1.99. The van der Waals surface area contributed by atoms with Crippen LogP contribution in [0.1, 0.15) is 31.2 Å². The summed E-state index contributed by atoms with van der Waals surface area (Å²) in [5.41, 5.74) is 3.21. The highest BCUT2D eigenvalue weighted by Crippen LogP contribution is 2.22. The van der Waals surface area contributed by atoms with E-state index < -0.39 is 0 Å². The van der Waals surface area contributed by atoms with Crippen molar-refractivity contribution >= 4 is 11.5 Å². The molecule has 3 heterocycles. The Balaban J connectivity index is 2.06. The van der Waals surface area contributed by atoms with E-state index in [9.17, 15) is 0 Å². The molecule has 1 aliphatic rings. The van der Waals surface area contributed by atoms with E-state index in [1.165, 1.54) is 0 Å². The normalized spacial score (nSPS) is 15.9. The van der Waals surface area contributed by atoms with Crippen molar-refractivity contribution in [3.05, 3.63) is 36.2 Å². The summed E-state index contributed by atoms with van der Waals surface area (Å²) in [6.07, 6.45) is 2.72. The van der Waals surface area contributed by atoms with Crippen molar-refractivity contribution in [3.63, 3.8) is 0 Å². The molecule has 112 valence electrons. The number of anilines is 1. The number of imidazole rings is 1. The van der Waals surface area contributed by atoms with Crippen molar-refractivity contribution in [2.45, 2.75) is 26.2 Å². The van der Waals surface area contributed by atoms with Gasteiger partial charge < -0.3 is 10.2 Å². The molecule has 21 heavy (non-hydrogen) atoms. The second kappa shape index (κ2) is 5.85. The molecule has 0 atom stereocenters. The minimum Gasteiger partial charge on any atom is -0.353 e. The molecule has 1 fully saturated rings. The van der Waals surface area contributed by atoms with Gasteiger partial charge in [0.1, 0.15) is 5.82 Å². The maximum absolute atomic E-state index is 4.83. The number of fused-ring (bicyclic) bond motifs is 1. The molecule has 5 nitrogen and oxygen atoms in total. The lowest BCUT2D eigenvalue weighted by atomic mass is 10.1. The van der Waals surface area contributed by atoms with E-state index >= 15 is 0 Å². The van der Waals surface area contributed by atoms with Gasteiger partial charge in [0.25, 0.3) is 0 Å². The van der Waals surface area contributed by atoms with Gasteiger partial charge in [0, 0.05) is 32.6 Å². The molecule has 2 aromatic heterocycles. The topological polar surface area (TPSA) is 45.5 Å². The summed E-state index contributed by atoms with van der Waals surface area (Å²) in [5.74, 6) is 1.42. The molecule has 0 saturated carbocycles. The smallest absolute Gasteiger partial charge is 0.154 e. The highest BCUT2D eigenvalue weighted by atomic mass is 15.3. The van der Waals surface area contributed by atoms with Crippen LogP contribution in [-0.4, -0.2) is 40.8 Å². The van der Waals surface area contributed by atoms with E-state index in [1.807, 2.05) is 10.6 Å². The molecular weight excluding hydrogens is 262 g/mol. The third-order valence-corrected chi connectivity index (χ3v) is 3.91. The quantitative estimate of drug-likeness (QED) is 0.873. The van der Waals surface area contributed by atoms with Crippen LogP contribution in [0, 0.1) is 0 Å². The maximum Gasteiger partial charge on any atom is 0.154 e. The lowest BCUT2D eigenvalue weighted by Crippen LogP contribution is -2.44. The number of rotatable bonds is 4. The second-order valence-electron chi connectivity index (χ2n) is 5.79. The van der Waals surface area contributed by atoms with Crippen LogP contribution in [0.25, 0.3) is 5.65 Å². The minimum atomic E-state index is 0.393. The molecule has 0 aliphatic carbocycles. The lowest BCUT2D eigenvalue weighted by Gasteiger charge is -2.28. The van der Waals surface area contributed by atoms with Gasteiger partial charge in [-0.1, -0.05) is 19.9 Å². The summed E-state index contributed by atoms with van der Waals surface area (Å²) in [4.78, 5) is 7.06. The van der Waals surface area contributed by atoms with Gasteiger partial charge in [-0.3, -0.25) is 0 Å². The van der Waals surface area contributed by atoms with E-state index in [1.54, 1.807) is 0 Å². The molecule has 0 unspecified atom stereocenters. The summed E-state index contributed by atoms with van der Waals surface area (Å²) in [7, 11) is 0. The molecule has 5 heteroatoms. The zero-order valence-electron chi connectivity index (χ0n) is 12.8. The van der Waals surface area contributed by atoms with Crippen LogP contribution < -0.4 is 10.2 Å². The molecule has 0 aromatic carbocycles. The van der Waals surface area contributed by atoms with Crippen LogP contribution in [-0.2, 0) is 6.42 Å². The zero-order chi connectivity index (χ0) is 14.8. The molecule has 0 amide bonds. The van der Waals surface area contributed by atoms with E-state index in [-0.39, 0.29) is 0 Å². The van der Waals surface area contributed by atoms with E-state index in [0.717, 1.165) is 55.5 Å². The van der Waals surface area contributed by atoms with Gasteiger partial charge in [0.05, 0.1) is 11.4 Å². The number of allylic oxidation sites excluding steroid dienone is 1. The molecule has 2 aromatic rings. The SMILES string of the molecule is C=CCc1c(C(C)C)nc2ccc(N3CCNCC3)nn12. The highest BCUT2D eigenvalue weighted by molar-refractivity contribution is 5.49. The number of nitrogens with zero attached hydrogens (tertiary/aromatic N) is 4. The molecule has 1 aliphatic heterocycles. The van der Waals surface area contributed by atoms with Gasteiger partial charge in [-0.25, -0.2) is 9.50 Å². The Kier molecular flexibility index (Phi) is 3.92. The van der Waals surface area contributed by atoms with E-state index in [0.29, 0.717) is 5.92 Å². The minimum absolute atomic E-state index is 0.393. The second-order valence-corrected chi connectivity index (χ2v) is 5.79. The fourth-order valence-corrected chi connectivity index (χ4v) is 2.84. The Labute approximate surface area is 125 Å². The fourth-order valence-electron chi connectivity index (χ4n) is 2.84. The third-order valence-electron chi connectivity index (χ3n) is 3.91. The Bertz CT molecular complexity index is 637. The molecule has 1 N–H and O–H groups in total.